The Labute approximate surface area is 124 Å². The molecule has 1 aliphatic heterocycles. The second-order valence-corrected chi connectivity index (χ2v) is 5.40. The monoisotopic (exact) mass is 320 g/mol. The van der Waals surface area contributed by atoms with Crippen LogP contribution in [0.1, 0.15) is 19.3 Å². The van der Waals surface area contributed by atoms with Crippen LogP contribution in [0.5, 0.6) is 0 Å². The molecule has 2 aliphatic rings. The Morgan fingerprint density at radius 1 is 1.45 bits per heavy atom. The van der Waals surface area contributed by atoms with Gasteiger partial charge in [0.1, 0.15) is 11.9 Å². The summed E-state index contributed by atoms with van der Waals surface area (Å²) < 4.78 is 52.1. The van der Waals surface area contributed by atoms with Crippen LogP contribution in [-0.2, 0) is 9.59 Å². The Balaban J connectivity index is 2.01. The van der Waals surface area contributed by atoms with Crippen molar-refractivity contribution >= 4 is 11.8 Å². The minimum absolute atomic E-state index is 0.00196. The quantitative estimate of drug-likeness (QED) is 0.810. The second-order valence-electron chi connectivity index (χ2n) is 5.40. The Kier molecular flexibility index (Phi) is 4.58. The second kappa shape index (κ2) is 6.10. The van der Waals surface area contributed by atoms with Gasteiger partial charge in [-0.25, -0.2) is 4.39 Å². The van der Waals surface area contributed by atoms with Crippen molar-refractivity contribution in [3.8, 4) is 0 Å². The van der Waals surface area contributed by atoms with Gasteiger partial charge in [0.2, 0.25) is 11.8 Å². The van der Waals surface area contributed by atoms with Gasteiger partial charge in [-0.05, 0) is 18.9 Å². The van der Waals surface area contributed by atoms with Crippen LogP contribution in [0, 0.1) is 5.92 Å². The normalized spacial score (nSPS) is 25.9. The summed E-state index contributed by atoms with van der Waals surface area (Å²) in [5.41, 5.74) is -1.24. The molecule has 1 fully saturated rings. The molecule has 0 aromatic carbocycles. The van der Waals surface area contributed by atoms with Crippen LogP contribution in [0.2, 0.25) is 0 Å². The van der Waals surface area contributed by atoms with Crippen LogP contribution < -0.4 is 5.32 Å². The third kappa shape index (κ3) is 3.31. The first kappa shape index (κ1) is 16.5. The SMILES string of the molecule is CN1C(=O)CCC1C(=O)NCC1CC=CC(F)=C1C(F)(F)F. The van der Waals surface area contributed by atoms with Crippen molar-refractivity contribution < 1.29 is 27.2 Å². The molecule has 1 saturated heterocycles. The van der Waals surface area contributed by atoms with Gasteiger partial charge in [-0.2, -0.15) is 13.2 Å². The van der Waals surface area contributed by atoms with Gasteiger partial charge in [-0.15, -0.1) is 0 Å². The van der Waals surface area contributed by atoms with E-state index in [1.165, 1.54) is 18.0 Å². The standard InChI is InChI=1S/C14H16F4N2O2/c1-20-10(5-6-11(20)21)13(22)19-7-8-3-2-4-9(15)12(8)14(16,17)18/h2,4,8,10H,3,5-7H2,1H3,(H,19,22). The zero-order chi connectivity index (χ0) is 16.5. The lowest BCUT2D eigenvalue weighted by Crippen LogP contribution is -2.45. The third-order valence-corrected chi connectivity index (χ3v) is 3.97. The van der Waals surface area contributed by atoms with Crippen LogP contribution in [0.25, 0.3) is 0 Å². The minimum atomic E-state index is -4.77. The summed E-state index contributed by atoms with van der Waals surface area (Å²) in [5, 5.41) is 2.40. The number of carbonyl (C=O) groups excluding carboxylic acids is 2. The third-order valence-electron chi connectivity index (χ3n) is 3.97. The summed E-state index contributed by atoms with van der Waals surface area (Å²) in [7, 11) is 1.48. The van der Waals surface area contributed by atoms with E-state index in [-0.39, 0.29) is 25.3 Å². The van der Waals surface area contributed by atoms with Gasteiger partial charge < -0.3 is 10.2 Å². The maximum Gasteiger partial charge on any atom is 0.415 e. The highest BCUT2D eigenvalue weighted by Gasteiger charge is 2.42. The summed E-state index contributed by atoms with van der Waals surface area (Å²) in [6, 6.07) is -0.671. The van der Waals surface area contributed by atoms with Crippen molar-refractivity contribution in [3.63, 3.8) is 0 Å². The van der Waals surface area contributed by atoms with Crippen LogP contribution in [-0.4, -0.2) is 42.5 Å². The van der Waals surface area contributed by atoms with Crippen LogP contribution in [0.15, 0.2) is 23.6 Å². The maximum absolute atomic E-state index is 13.4. The maximum atomic E-state index is 13.4. The number of hydrogen-bond donors (Lipinski definition) is 1. The number of likely N-dealkylation sites (N-methyl/N-ethyl adjacent to an activating group) is 1. The smallest absolute Gasteiger partial charge is 0.354 e. The van der Waals surface area contributed by atoms with Gasteiger partial charge in [-0.3, -0.25) is 9.59 Å². The average Bonchev–Trinajstić information content (AvgIpc) is 2.75. The average molecular weight is 320 g/mol. The molecule has 1 N–H and O–H groups in total. The molecule has 1 heterocycles. The van der Waals surface area contributed by atoms with Crippen LogP contribution in [0.3, 0.4) is 0 Å². The Hall–Kier alpha value is -1.86. The first-order valence-corrected chi connectivity index (χ1v) is 6.88. The van der Waals surface area contributed by atoms with E-state index in [1.54, 1.807) is 0 Å². The molecule has 22 heavy (non-hydrogen) atoms. The Morgan fingerprint density at radius 3 is 2.68 bits per heavy atom. The van der Waals surface area contributed by atoms with E-state index in [1.807, 2.05) is 0 Å². The molecule has 0 radical (unpaired) electrons. The topological polar surface area (TPSA) is 49.4 Å². The summed E-state index contributed by atoms with van der Waals surface area (Å²) in [6.45, 7) is -0.316. The number of carbonyl (C=O) groups is 2. The number of nitrogens with zero attached hydrogens (tertiary/aromatic N) is 1. The number of alkyl halides is 3. The minimum Gasteiger partial charge on any atom is -0.354 e. The van der Waals surface area contributed by atoms with Crippen LogP contribution in [0.4, 0.5) is 17.6 Å². The predicted molar refractivity (Wildman–Crippen MR) is 70.2 cm³/mol. The summed E-state index contributed by atoms with van der Waals surface area (Å²) >= 11 is 0. The van der Waals surface area contributed by atoms with E-state index in [9.17, 15) is 27.2 Å². The molecule has 0 saturated carbocycles. The highest BCUT2D eigenvalue weighted by molar-refractivity contribution is 5.90. The lowest BCUT2D eigenvalue weighted by molar-refractivity contribution is -0.134. The zero-order valence-corrected chi connectivity index (χ0v) is 11.9. The van der Waals surface area contributed by atoms with Gasteiger partial charge in [0.05, 0.1) is 5.57 Å². The van der Waals surface area contributed by atoms with E-state index in [0.717, 1.165) is 6.08 Å². The molecule has 0 aromatic heterocycles. The highest BCUT2D eigenvalue weighted by Crippen LogP contribution is 2.38. The van der Waals surface area contributed by atoms with E-state index in [0.29, 0.717) is 6.42 Å². The van der Waals surface area contributed by atoms with Crippen molar-refractivity contribution in [3.05, 3.63) is 23.6 Å². The van der Waals surface area contributed by atoms with Crippen LogP contribution >= 0.6 is 0 Å². The first-order chi connectivity index (χ1) is 10.2. The molecular weight excluding hydrogens is 304 g/mol. The largest absolute Gasteiger partial charge is 0.415 e. The summed E-state index contributed by atoms with van der Waals surface area (Å²) in [4.78, 5) is 24.6. The summed E-state index contributed by atoms with van der Waals surface area (Å²) in [6.07, 6.45) is -2.09. The fraction of sp³-hybridized carbons (Fsp3) is 0.571. The number of likely N-dealkylation sites (tertiary alicyclic amines) is 1. The molecule has 2 atom stereocenters. The molecule has 0 aromatic rings. The van der Waals surface area contributed by atoms with E-state index >= 15 is 0 Å². The molecule has 2 unspecified atom stereocenters. The lowest BCUT2D eigenvalue weighted by atomic mass is 9.90. The van der Waals surface area contributed by atoms with Gasteiger partial charge in [0.15, 0.2) is 0 Å². The molecule has 8 heteroatoms. The highest BCUT2D eigenvalue weighted by atomic mass is 19.4. The number of rotatable bonds is 3. The Morgan fingerprint density at radius 2 is 2.14 bits per heavy atom. The van der Waals surface area contributed by atoms with Gasteiger partial charge >= 0.3 is 6.18 Å². The number of hydrogen-bond acceptors (Lipinski definition) is 2. The Bertz CT molecular complexity index is 539. The molecule has 0 spiro atoms. The molecule has 0 bridgehead atoms. The molecule has 2 amide bonds. The number of amides is 2. The number of halogens is 4. The molecular formula is C14H16F4N2O2. The number of allylic oxidation sites excluding steroid dienone is 3. The van der Waals surface area contributed by atoms with Gasteiger partial charge in [0.25, 0.3) is 0 Å². The fourth-order valence-corrected chi connectivity index (χ4v) is 2.74. The predicted octanol–water partition coefficient (Wildman–Crippen LogP) is 2.09. The van der Waals surface area contributed by atoms with Gasteiger partial charge in [-0.1, -0.05) is 6.08 Å². The van der Waals surface area contributed by atoms with E-state index < -0.39 is 35.4 Å². The van der Waals surface area contributed by atoms with Crippen molar-refractivity contribution in [1.82, 2.24) is 10.2 Å². The lowest BCUT2D eigenvalue weighted by Gasteiger charge is -2.26. The number of nitrogens with one attached hydrogen (secondary N) is 1. The van der Waals surface area contributed by atoms with E-state index in [2.05, 4.69) is 5.32 Å². The van der Waals surface area contributed by atoms with E-state index in [4.69, 9.17) is 0 Å². The van der Waals surface area contributed by atoms with Crippen molar-refractivity contribution in [1.29, 1.82) is 0 Å². The first-order valence-electron chi connectivity index (χ1n) is 6.88. The molecule has 2 rings (SSSR count). The van der Waals surface area contributed by atoms with Crippen molar-refractivity contribution in [2.75, 3.05) is 13.6 Å². The van der Waals surface area contributed by atoms with Crippen molar-refractivity contribution in [2.45, 2.75) is 31.5 Å². The molecule has 122 valence electrons. The zero-order valence-electron chi connectivity index (χ0n) is 11.9. The fourth-order valence-electron chi connectivity index (χ4n) is 2.74. The summed E-state index contributed by atoms with van der Waals surface area (Å²) in [5.74, 6) is -3.16. The van der Waals surface area contributed by atoms with Crippen molar-refractivity contribution in [2.24, 2.45) is 5.92 Å². The molecule has 1 aliphatic carbocycles. The van der Waals surface area contributed by atoms with Gasteiger partial charge in [0, 0.05) is 25.9 Å². The molecule has 4 nitrogen and oxygen atoms in total.